The van der Waals surface area contributed by atoms with Crippen molar-refractivity contribution in [2.75, 3.05) is 31.2 Å². The topological polar surface area (TPSA) is 73.7 Å². The number of hydrogen-bond donors (Lipinski definition) is 0. The zero-order valence-corrected chi connectivity index (χ0v) is 19.7. The normalized spacial score (nSPS) is 15.4. The molecule has 0 amide bonds. The summed E-state index contributed by atoms with van der Waals surface area (Å²) in [4.78, 5) is 0.263. The average Bonchev–Trinajstić information content (AvgIpc) is 3.20. The lowest BCUT2D eigenvalue weighted by Gasteiger charge is -2.26. The molecule has 8 heteroatoms. The Morgan fingerprint density at radius 1 is 1.19 bits per heavy atom. The van der Waals surface area contributed by atoms with Crippen molar-refractivity contribution in [3.8, 4) is 5.75 Å². The monoisotopic (exact) mass is 457 g/mol. The summed E-state index contributed by atoms with van der Waals surface area (Å²) in [5, 5.41) is 5.36. The summed E-state index contributed by atoms with van der Waals surface area (Å²) in [7, 11) is -2.18. The summed E-state index contributed by atoms with van der Waals surface area (Å²) in [5.74, 6) is 1.31. The Kier molecular flexibility index (Phi) is 6.71. The van der Waals surface area contributed by atoms with Crippen molar-refractivity contribution in [2.24, 2.45) is 11.8 Å². The highest BCUT2D eigenvalue weighted by atomic mass is 32.2. The Morgan fingerprint density at radius 3 is 2.69 bits per heavy atom. The molecule has 0 unspecified atom stereocenters. The van der Waals surface area contributed by atoms with Gasteiger partial charge in [0, 0.05) is 37.8 Å². The molecule has 0 saturated carbocycles. The standard InChI is InChI=1S/C24H31N3O4S/c1-18(2)16-27(21-5-4-6-22(14-21)30-3)32(28,29)23-7-8-24-20(13-23)15-25-26(24)17-19-9-11-31-12-10-19/h4-8,13-15,18-19H,9-12,16-17H2,1-3H3. The minimum Gasteiger partial charge on any atom is -0.497 e. The number of nitrogens with zero attached hydrogens (tertiary/aromatic N) is 3. The molecule has 1 aliphatic rings. The predicted molar refractivity (Wildman–Crippen MR) is 126 cm³/mol. The number of benzene rings is 2. The van der Waals surface area contributed by atoms with Gasteiger partial charge in [-0.3, -0.25) is 8.99 Å². The highest BCUT2D eigenvalue weighted by molar-refractivity contribution is 7.92. The van der Waals surface area contributed by atoms with Crippen molar-refractivity contribution in [1.29, 1.82) is 0 Å². The fraction of sp³-hybridized carbons (Fsp3) is 0.458. The second-order valence-electron chi connectivity index (χ2n) is 8.73. The summed E-state index contributed by atoms with van der Waals surface area (Å²) < 4.78 is 41.6. The molecule has 0 radical (unpaired) electrons. The Morgan fingerprint density at radius 2 is 1.97 bits per heavy atom. The maximum Gasteiger partial charge on any atom is 0.264 e. The molecule has 1 aromatic heterocycles. The lowest BCUT2D eigenvalue weighted by molar-refractivity contribution is 0.0605. The molecule has 0 spiro atoms. The van der Waals surface area contributed by atoms with Gasteiger partial charge in [-0.25, -0.2) is 8.42 Å². The molecule has 7 nitrogen and oxygen atoms in total. The Labute approximate surface area is 190 Å². The number of methoxy groups -OCH3 is 1. The predicted octanol–water partition coefficient (Wildman–Crippen LogP) is 4.32. The van der Waals surface area contributed by atoms with Gasteiger partial charge in [0.05, 0.1) is 29.4 Å². The van der Waals surface area contributed by atoms with Gasteiger partial charge >= 0.3 is 0 Å². The van der Waals surface area contributed by atoms with E-state index in [0.717, 1.165) is 43.5 Å². The van der Waals surface area contributed by atoms with Crippen molar-refractivity contribution in [2.45, 2.75) is 38.1 Å². The molecule has 1 aliphatic heterocycles. The van der Waals surface area contributed by atoms with Gasteiger partial charge in [-0.05, 0) is 55.0 Å². The van der Waals surface area contributed by atoms with Crippen molar-refractivity contribution in [3.63, 3.8) is 0 Å². The quantitative estimate of drug-likeness (QED) is 0.504. The second kappa shape index (κ2) is 9.50. The zero-order valence-electron chi connectivity index (χ0n) is 18.9. The molecule has 1 saturated heterocycles. The van der Waals surface area contributed by atoms with Crippen LogP contribution >= 0.6 is 0 Å². The van der Waals surface area contributed by atoms with Crippen LogP contribution in [0.3, 0.4) is 0 Å². The first-order valence-electron chi connectivity index (χ1n) is 11.1. The number of hydrogen-bond acceptors (Lipinski definition) is 5. The van der Waals surface area contributed by atoms with Gasteiger partial charge in [0.25, 0.3) is 10.0 Å². The Bertz CT molecular complexity index is 1170. The Balaban J connectivity index is 1.66. The van der Waals surface area contributed by atoms with E-state index in [2.05, 4.69) is 5.10 Å². The lowest BCUT2D eigenvalue weighted by Crippen LogP contribution is -2.34. The molecule has 0 atom stereocenters. The number of sulfonamides is 1. The molecule has 1 fully saturated rings. The van der Waals surface area contributed by atoms with E-state index < -0.39 is 10.0 Å². The smallest absolute Gasteiger partial charge is 0.264 e. The summed E-state index contributed by atoms with van der Waals surface area (Å²) in [6.07, 6.45) is 3.81. The van der Waals surface area contributed by atoms with Crippen LogP contribution in [0.1, 0.15) is 26.7 Å². The van der Waals surface area contributed by atoms with Crippen LogP contribution in [-0.2, 0) is 21.3 Å². The van der Waals surface area contributed by atoms with E-state index >= 15 is 0 Å². The van der Waals surface area contributed by atoms with Crippen LogP contribution < -0.4 is 9.04 Å². The van der Waals surface area contributed by atoms with Crippen LogP contribution in [0.4, 0.5) is 5.69 Å². The van der Waals surface area contributed by atoms with Gasteiger partial charge in [0.2, 0.25) is 0 Å². The van der Waals surface area contributed by atoms with Crippen molar-refractivity contribution < 1.29 is 17.9 Å². The van der Waals surface area contributed by atoms with Gasteiger partial charge < -0.3 is 9.47 Å². The minimum atomic E-state index is -3.76. The van der Waals surface area contributed by atoms with Crippen LogP contribution in [-0.4, -0.2) is 45.1 Å². The van der Waals surface area contributed by atoms with Gasteiger partial charge in [-0.15, -0.1) is 0 Å². The van der Waals surface area contributed by atoms with Crippen LogP contribution in [0.25, 0.3) is 10.9 Å². The molecular weight excluding hydrogens is 426 g/mol. The fourth-order valence-corrected chi connectivity index (χ4v) is 5.77. The van der Waals surface area contributed by atoms with Crippen molar-refractivity contribution >= 4 is 26.6 Å². The van der Waals surface area contributed by atoms with E-state index in [1.165, 1.54) is 4.31 Å². The third-order valence-corrected chi connectivity index (χ3v) is 7.64. The molecule has 2 aromatic carbocycles. The van der Waals surface area contributed by atoms with Crippen LogP contribution in [0.2, 0.25) is 0 Å². The molecule has 2 heterocycles. The highest BCUT2D eigenvalue weighted by Crippen LogP contribution is 2.30. The van der Waals surface area contributed by atoms with Crippen LogP contribution in [0.15, 0.2) is 53.6 Å². The number of anilines is 1. The summed E-state index contributed by atoms with van der Waals surface area (Å²) in [6.45, 7) is 6.79. The molecular formula is C24H31N3O4S. The summed E-state index contributed by atoms with van der Waals surface area (Å²) >= 11 is 0. The first-order valence-corrected chi connectivity index (χ1v) is 12.5. The lowest BCUT2D eigenvalue weighted by atomic mass is 10.0. The van der Waals surface area contributed by atoms with Crippen LogP contribution in [0, 0.1) is 11.8 Å². The average molecular weight is 458 g/mol. The molecule has 3 aromatic rings. The van der Waals surface area contributed by atoms with Crippen LogP contribution in [0.5, 0.6) is 5.75 Å². The molecule has 0 aliphatic carbocycles. The number of rotatable bonds is 8. The van der Waals surface area contributed by atoms with E-state index in [4.69, 9.17) is 9.47 Å². The molecule has 0 bridgehead atoms. The molecule has 0 N–H and O–H groups in total. The number of aromatic nitrogens is 2. The number of ether oxygens (including phenoxy) is 2. The van der Waals surface area contributed by atoms with Gasteiger partial charge in [-0.2, -0.15) is 5.10 Å². The molecule has 172 valence electrons. The third kappa shape index (κ3) is 4.76. The largest absolute Gasteiger partial charge is 0.497 e. The first-order chi connectivity index (χ1) is 15.4. The van der Waals surface area contributed by atoms with E-state index in [-0.39, 0.29) is 10.8 Å². The SMILES string of the molecule is COc1cccc(N(CC(C)C)S(=O)(=O)c2ccc3c(cnn3CC3CCOCC3)c2)c1. The number of fused-ring (bicyclic) bond motifs is 1. The van der Waals surface area contributed by atoms with Crippen molar-refractivity contribution in [3.05, 3.63) is 48.7 Å². The van der Waals surface area contributed by atoms with Gasteiger partial charge in [0.15, 0.2) is 0 Å². The van der Waals surface area contributed by atoms with Gasteiger partial charge in [-0.1, -0.05) is 19.9 Å². The fourth-order valence-electron chi connectivity index (χ4n) is 4.11. The van der Waals surface area contributed by atoms with E-state index in [1.807, 2.05) is 30.7 Å². The maximum absolute atomic E-state index is 13.7. The van der Waals surface area contributed by atoms with E-state index in [9.17, 15) is 8.42 Å². The second-order valence-corrected chi connectivity index (χ2v) is 10.6. The van der Waals surface area contributed by atoms with E-state index in [1.54, 1.807) is 43.6 Å². The summed E-state index contributed by atoms with van der Waals surface area (Å²) in [6, 6.07) is 12.5. The third-order valence-electron chi connectivity index (χ3n) is 5.85. The minimum absolute atomic E-state index is 0.155. The zero-order chi connectivity index (χ0) is 22.7. The molecule has 4 rings (SSSR count). The highest BCUT2D eigenvalue weighted by Gasteiger charge is 2.27. The van der Waals surface area contributed by atoms with Crippen molar-refractivity contribution in [1.82, 2.24) is 9.78 Å². The van der Waals surface area contributed by atoms with Gasteiger partial charge in [0.1, 0.15) is 5.75 Å². The maximum atomic E-state index is 13.7. The Hall–Kier alpha value is -2.58. The first kappa shape index (κ1) is 22.6. The molecule has 32 heavy (non-hydrogen) atoms. The summed E-state index contributed by atoms with van der Waals surface area (Å²) in [5.41, 5.74) is 1.54. The van der Waals surface area contributed by atoms with E-state index in [0.29, 0.717) is 23.9 Å².